The molecule has 1 saturated carbocycles. The Balaban J connectivity index is 1.90. The molecule has 1 fully saturated rings. The molecule has 1 aromatic heterocycles. The van der Waals surface area contributed by atoms with E-state index in [9.17, 15) is 14.0 Å². The minimum absolute atomic E-state index is 0.0892. The van der Waals surface area contributed by atoms with Crippen molar-refractivity contribution in [1.82, 2.24) is 9.88 Å². The number of hydrogen-bond acceptors (Lipinski definition) is 3. The first-order valence-corrected chi connectivity index (χ1v) is 9.59. The molecule has 5 nitrogen and oxygen atoms in total. The van der Waals surface area contributed by atoms with Crippen LogP contribution >= 0.6 is 0 Å². The highest BCUT2D eigenvalue weighted by molar-refractivity contribution is 5.87. The third-order valence-electron chi connectivity index (χ3n) is 5.67. The Morgan fingerprint density at radius 2 is 1.96 bits per heavy atom. The van der Waals surface area contributed by atoms with Gasteiger partial charge in [-0.3, -0.25) is 9.59 Å². The highest BCUT2D eigenvalue weighted by Crippen LogP contribution is 2.40. The summed E-state index contributed by atoms with van der Waals surface area (Å²) >= 11 is 0. The predicted molar refractivity (Wildman–Crippen MR) is 102 cm³/mol. The third kappa shape index (κ3) is 3.99. The van der Waals surface area contributed by atoms with Crippen LogP contribution in [0.1, 0.15) is 56.2 Å². The number of methoxy groups -OCH3 is 1. The maximum atomic E-state index is 13.9. The van der Waals surface area contributed by atoms with Gasteiger partial charge in [0.15, 0.2) is 0 Å². The lowest BCUT2D eigenvalue weighted by Gasteiger charge is -2.29. The maximum absolute atomic E-state index is 13.9. The van der Waals surface area contributed by atoms with Crippen LogP contribution in [-0.2, 0) is 20.9 Å². The monoisotopic (exact) mass is 374 g/mol. The van der Waals surface area contributed by atoms with E-state index in [0.717, 1.165) is 47.8 Å². The van der Waals surface area contributed by atoms with E-state index in [4.69, 9.17) is 4.74 Å². The molecule has 1 aromatic carbocycles. The molecule has 1 aliphatic carbocycles. The van der Waals surface area contributed by atoms with E-state index < -0.39 is 0 Å². The van der Waals surface area contributed by atoms with Crippen LogP contribution in [0.15, 0.2) is 18.2 Å². The second-order valence-electron chi connectivity index (χ2n) is 7.29. The second-order valence-corrected chi connectivity index (χ2v) is 7.29. The number of halogens is 1. The normalized spacial score (nSPS) is 19.9. The first kappa shape index (κ1) is 19.4. The van der Waals surface area contributed by atoms with Gasteiger partial charge in [-0.05, 0) is 62.3 Å². The number of rotatable bonds is 5. The minimum atomic E-state index is -0.322. The number of ether oxygens (including phenoxy) is 1. The van der Waals surface area contributed by atoms with Crippen LogP contribution < -0.4 is 5.32 Å². The number of nitrogens with zero attached hydrogens (tertiary/aromatic N) is 1. The van der Waals surface area contributed by atoms with Crippen LogP contribution in [0, 0.1) is 12.7 Å². The molecule has 2 aromatic rings. The van der Waals surface area contributed by atoms with Gasteiger partial charge in [0.1, 0.15) is 12.4 Å². The Morgan fingerprint density at radius 1 is 1.26 bits per heavy atom. The number of benzene rings is 1. The molecule has 0 radical (unpaired) electrons. The van der Waals surface area contributed by atoms with Crippen molar-refractivity contribution >= 4 is 22.8 Å². The summed E-state index contributed by atoms with van der Waals surface area (Å²) < 4.78 is 20.7. The molecular formula is C21H27FN2O3. The summed E-state index contributed by atoms with van der Waals surface area (Å²) in [6.07, 6.45) is 4.19. The van der Waals surface area contributed by atoms with Crippen molar-refractivity contribution in [2.45, 2.75) is 64.5 Å². The van der Waals surface area contributed by atoms with E-state index in [1.165, 1.54) is 13.2 Å². The van der Waals surface area contributed by atoms with E-state index in [1.54, 1.807) is 12.1 Å². The van der Waals surface area contributed by atoms with Crippen LogP contribution in [0.5, 0.6) is 0 Å². The predicted octanol–water partition coefficient (Wildman–Crippen LogP) is 3.81. The van der Waals surface area contributed by atoms with Gasteiger partial charge >= 0.3 is 5.97 Å². The highest BCUT2D eigenvalue weighted by atomic mass is 19.1. The molecule has 1 N–H and O–H groups in total. The van der Waals surface area contributed by atoms with Gasteiger partial charge in [-0.1, -0.05) is 6.92 Å². The molecular weight excluding hydrogens is 347 g/mol. The number of esters is 1. The molecule has 1 heterocycles. The molecule has 27 heavy (non-hydrogen) atoms. The number of fused-ring (bicyclic) bond motifs is 1. The van der Waals surface area contributed by atoms with Gasteiger partial charge in [-0.2, -0.15) is 0 Å². The zero-order chi connectivity index (χ0) is 19.6. The molecule has 3 rings (SSSR count). The Morgan fingerprint density at radius 3 is 2.59 bits per heavy atom. The van der Waals surface area contributed by atoms with Gasteiger partial charge in [0.05, 0.1) is 7.11 Å². The van der Waals surface area contributed by atoms with Crippen molar-refractivity contribution in [3.8, 4) is 0 Å². The smallest absolute Gasteiger partial charge is 0.325 e. The lowest BCUT2D eigenvalue weighted by molar-refractivity contribution is -0.141. The zero-order valence-electron chi connectivity index (χ0n) is 16.2. The highest BCUT2D eigenvalue weighted by Gasteiger charge is 2.28. The molecule has 0 bridgehead atoms. The van der Waals surface area contributed by atoms with E-state index in [0.29, 0.717) is 12.3 Å². The molecule has 0 unspecified atom stereocenters. The molecule has 0 aliphatic heterocycles. The summed E-state index contributed by atoms with van der Waals surface area (Å²) in [7, 11) is 1.37. The lowest BCUT2D eigenvalue weighted by atomic mass is 9.80. The number of carbonyl (C=O) groups excluding carboxylic acids is 2. The molecule has 0 atom stereocenters. The maximum Gasteiger partial charge on any atom is 0.325 e. The largest absolute Gasteiger partial charge is 0.468 e. The van der Waals surface area contributed by atoms with Crippen molar-refractivity contribution < 1.29 is 18.7 Å². The molecule has 6 heteroatoms. The molecule has 1 aliphatic rings. The van der Waals surface area contributed by atoms with Crippen LogP contribution in [0.4, 0.5) is 4.39 Å². The van der Waals surface area contributed by atoms with Gasteiger partial charge in [-0.25, -0.2) is 4.39 Å². The quantitative estimate of drug-likeness (QED) is 0.810. The number of carbonyl (C=O) groups is 2. The van der Waals surface area contributed by atoms with Crippen LogP contribution in [0.2, 0.25) is 0 Å². The minimum Gasteiger partial charge on any atom is -0.468 e. The fourth-order valence-electron chi connectivity index (χ4n) is 4.25. The van der Waals surface area contributed by atoms with Crippen molar-refractivity contribution in [3.05, 3.63) is 35.3 Å². The third-order valence-corrected chi connectivity index (χ3v) is 5.67. The molecule has 0 saturated heterocycles. The number of nitrogens with one attached hydrogen (secondary N) is 1. The van der Waals surface area contributed by atoms with E-state index in [2.05, 4.69) is 5.32 Å². The van der Waals surface area contributed by atoms with Crippen molar-refractivity contribution in [1.29, 1.82) is 0 Å². The first-order valence-electron chi connectivity index (χ1n) is 9.59. The van der Waals surface area contributed by atoms with E-state index in [1.807, 2.05) is 18.4 Å². The fourth-order valence-corrected chi connectivity index (χ4v) is 4.25. The summed E-state index contributed by atoms with van der Waals surface area (Å²) in [5, 5.41) is 3.95. The zero-order valence-corrected chi connectivity index (χ0v) is 16.2. The first-order chi connectivity index (χ1) is 12.9. The number of aromatic nitrogens is 1. The standard InChI is InChI=1S/C21H27FN2O3/c1-4-19(25)23-16-8-5-14(6-9-16)21-13(2)24(12-20(26)27-3)18-10-7-15(22)11-17(18)21/h7,10-11,14,16H,4-6,8-9,12H2,1-3H3,(H,23,25). The van der Waals surface area contributed by atoms with Crippen molar-refractivity contribution in [2.24, 2.45) is 0 Å². The Labute approximate surface area is 158 Å². The fraction of sp³-hybridized carbons (Fsp3) is 0.524. The number of hydrogen-bond donors (Lipinski definition) is 1. The summed E-state index contributed by atoms with van der Waals surface area (Å²) in [5.41, 5.74) is 2.96. The van der Waals surface area contributed by atoms with Crippen LogP contribution in [-0.4, -0.2) is 29.6 Å². The summed E-state index contributed by atoms with van der Waals surface area (Å²) in [5.74, 6) is -0.214. The second kappa shape index (κ2) is 8.11. The molecule has 0 spiro atoms. The van der Waals surface area contributed by atoms with E-state index >= 15 is 0 Å². The summed E-state index contributed by atoms with van der Waals surface area (Å²) in [6.45, 7) is 3.96. The summed E-state index contributed by atoms with van der Waals surface area (Å²) in [6, 6.07) is 4.94. The van der Waals surface area contributed by atoms with Crippen molar-refractivity contribution in [2.75, 3.05) is 7.11 Å². The van der Waals surface area contributed by atoms with Gasteiger partial charge in [0, 0.05) is 29.1 Å². The average Bonchev–Trinajstić information content (AvgIpc) is 2.93. The van der Waals surface area contributed by atoms with Crippen molar-refractivity contribution in [3.63, 3.8) is 0 Å². The Hall–Kier alpha value is -2.37. The summed E-state index contributed by atoms with van der Waals surface area (Å²) in [4.78, 5) is 23.5. The lowest BCUT2D eigenvalue weighted by Crippen LogP contribution is -2.36. The molecule has 146 valence electrons. The van der Waals surface area contributed by atoms with Crippen LogP contribution in [0.3, 0.4) is 0 Å². The Bertz CT molecular complexity index is 851. The average molecular weight is 374 g/mol. The van der Waals surface area contributed by atoms with Gasteiger partial charge in [-0.15, -0.1) is 0 Å². The Kier molecular flexibility index (Phi) is 5.82. The van der Waals surface area contributed by atoms with Crippen LogP contribution in [0.25, 0.3) is 10.9 Å². The van der Waals surface area contributed by atoms with E-state index in [-0.39, 0.29) is 30.3 Å². The number of amides is 1. The topological polar surface area (TPSA) is 60.3 Å². The SMILES string of the molecule is CCC(=O)NC1CCC(c2c(C)n(CC(=O)OC)c3ccc(F)cc23)CC1. The van der Waals surface area contributed by atoms with Gasteiger partial charge in [0.25, 0.3) is 0 Å². The molecule has 1 amide bonds. The van der Waals surface area contributed by atoms with Gasteiger partial charge < -0.3 is 14.6 Å². The van der Waals surface area contributed by atoms with Gasteiger partial charge in [0.2, 0.25) is 5.91 Å².